The van der Waals surface area contributed by atoms with E-state index in [1.165, 1.54) is 11.1 Å². The number of guanidine groups is 1. The number of benzene rings is 2. The van der Waals surface area contributed by atoms with Crippen molar-refractivity contribution < 1.29 is 14.3 Å². The first-order valence-electron chi connectivity index (χ1n) is 10.8. The van der Waals surface area contributed by atoms with E-state index in [2.05, 4.69) is 39.9 Å². The molecule has 2 aliphatic rings. The number of carbonyl (C=O) groups is 1. The Morgan fingerprint density at radius 1 is 1.12 bits per heavy atom. The molecular weight excluding hydrogens is 519 g/mol. The number of ether oxygens (including phenoxy) is 2. The first-order chi connectivity index (χ1) is 15.1. The number of hydrogen-bond acceptors (Lipinski definition) is 4. The third kappa shape index (κ3) is 6.27. The second-order valence-corrected chi connectivity index (χ2v) is 8.17. The number of aliphatic imine (C=N–C) groups is 1. The number of likely N-dealkylation sites (N-methyl/N-ethyl adjacent to an activating group) is 1. The van der Waals surface area contributed by atoms with Gasteiger partial charge in [0.25, 0.3) is 0 Å². The second kappa shape index (κ2) is 11.4. The van der Waals surface area contributed by atoms with E-state index in [1.54, 1.807) is 19.0 Å². The van der Waals surface area contributed by atoms with Crippen LogP contribution < -0.4 is 20.1 Å². The van der Waals surface area contributed by atoms with Crippen LogP contribution in [0.5, 0.6) is 11.5 Å². The van der Waals surface area contributed by atoms with Crippen molar-refractivity contribution >= 4 is 35.8 Å². The molecule has 7 nitrogen and oxygen atoms in total. The number of fused-ring (bicyclic) bond motifs is 2. The highest BCUT2D eigenvalue weighted by molar-refractivity contribution is 14.0. The van der Waals surface area contributed by atoms with E-state index in [-0.39, 0.29) is 43.2 Å². The summed E-state index contributed by atoms with van der Waals surface area (Å²) in [6.45, 7) is 1.10. The molecule has 1 atom stereocenters. The zero-order valence-corrected chi connectivity index (χ0v) is 20.9. The zero-order chi connectivity index (χ0) is 21.6. The maximum absolute atomic E-state index is 12.0. The lowest BCUT2D eigenvalue weighted by Crippen LogP contribution is -2.46. The fraction of sp³-hybridized carbons (Fsp3) is 0.417. The summed E-state index contributed by atoms with van der Waals surface area (Å²) in [4.78, 5) is 18.1. The molecule has 2 N–H and O–H groups in total. The Balaban J connectivity index is 0.00000289. The summed E-state index contributed by atoms with van der Waals surface area (Å²) in [6.07, 6.45) is 3.86. The Labute approximate surface area is 206 Å². The van der Waals surface area contributed by atoms with Crippen LogP contribution in [0.3, 0.4) is 0 Å². The molecule has 0 spiro atoms. The number of amides is 1. The van der Waals surface area contributed by atoms with Gasteiger partial charge in [0.2, 0.25) is 12.7 Å². The third-order valence-corrected chi connectivity index (χ3v) is 5.70. The largest absolute Gasteiger partial charge is 0.454 e. The predicted molar refractivity (Wildman–Crippen MR) is 136 cm³/mol. The van der Waals surface area contributed by atoms with Crippen molar-refractivity contribution in [3.05, 3.63) is 59.2 Å². The lowest BCUT2D eigenvalue weighted by atomic mass is 9.88. The Morgan fingerprint density at radius 3 is 2.72 bits per heavy atom. The van der Waals surface area contributed by atoms with Crippen LogP contribution in [0, 0.1) is 0 Å². The molecule has 0 radical (unpaired) electrons. The van der Waals surface area contributed by atoms with E-state index in [9.17, 15) is 4.79 Å². The van der Waals surface area contributed by atoms with Crippen molar-refractivity contribution in [3.63, 3.8) is 0 Å². The molecule has 1 aliphatic carbocycles. The van der Waals surface area contributed by atoms with Crippen LogP contribution in [0.15, 0.2) is 47.5 Å². The Kier molecular flexibility index (Phi) is 8.60. The fourth-order valence-corrected chi connectivity index (χ4v) is 3.88. The second-order valence-electron chi connectivity index (χ2n) is 8.17. The van der Waals surface area contributed by atoms with E-state index in [1.807, 2.05) is 18.2 Å². The molecule has 2 aromatic carbocycles. The van der Waals surface area contributed by atoms with Crippen molar-refractivity contribution in [3.8, 4) is 11.5 Å². The maximum Gasteiger partial charge on any atom is 0.243 e. The van der Waals surface area contributed by atoms with Crippen molar-refractivity contribution in [1.29, 1.82) is 0 Å². The Bertz CT molecular complexity index is 964. The third-order valence-electron chi connectivity index (χ3n) is 5.70. The summed E-state index contributed by atoms with van der Waals surface area (Å²) in [6, 6.07) is 14.9. The average molecular weight is 550 g/mol. The Hall–Kier alpha value is -2.49. The molecule has 2 aromatic rings. The zero-order valence-electron chi connectivity index (χ0n) is 18.6. The van der Waals surface area contributed by atoms with Crippen molar-refractivity contribution in [2.45, 2.75) is 31.7 Å². The van der Waals surface area contributed by atoms with Gasteiger partial charge >= 0.3 is 0 Å². The lowest BCUT2D eigenvalue weighted by Gasteiger charge is -2.27. The van der Waals surface area contributed by atoms with Gasteiger partial charge in [0.15, 0.2) is 17.5 Å². The molecule has 1 heterocycles. The number of hydrogen-bond donors (Lipinski definition) is 2. The van der Waals surface area contributed by atoms with Crippen molar-refractivity contribution in [2.24, 2.45) is 4.99 Å². The van der Waals surface area contributed by atoms with Crippen LogP contribution in [-0.2, 0) is 24.1 Å². The molecule has 1 unspecified atom stereocenters. The van der Waals surface area contributed by atoms with Crippen LogP contribution in [0.2, 0.25) is 0 Å². The number of halogens is 1. The van der Waals surface area contributed by atoms with Crippen molar-refractivity contribution in [1.82, 2.24) is 15.5 Å². The van der Waals surface area contributed by atoms with Crippen LogP contribution in [0.1, 0.15) is 23.1 Å². The molecule has 8 heteroatoms. The lowest BCUT2D eigenvalue weighted by molar-refractivity contribution is -0.127. The normalized spacial score (nSPS) is 16.6. The standard InChI is InChI=1S/C24H30N4O3.HI/c1-28(2)23(29)15-26-24(27-20-9-8-18-5-3-4-6-19(18)14-20)25-12-11-17-7-10-21-22(13-17)31-16-30-21;/h3-7,10,13,20H,8-9,11-12,14-16H2,1-2H3,(H2,25,26,27);1H. The molecule has 0 aromatic heterocycles. The van der Waals surface area contributed by atoms with Gasteiger partial charge < -0.3 is 25.0 Å². The minimum atomic E-state index is -0.0224. The predicted octanol–water partition coefficient (Wildman–Crippen LogP) is 2.76. The van der Waals surface area contributed by atoms with E-state index < -0.39 is 0 Å². The summed E-state index contributed by atoms with van der Waals surface area (Å²) in [5.41, 5.74) is 3.97. The highest BCUT2D eigenvalue weighted by Crippen LogP contribution is 2.32. The number of carbonyl (C=O) groups excluding carboxylic acids is 1. The Morgan fingerprint density at radius 2 is 1.91 bits per heavy atom. The van der Waals surface area contributed by atoms with E-state index in [0.29, 0.717) is 18.5 Å². The molecule has 32 heavy (non-hydrogen) atoms. The average Bonchev–Trinajstić information content (AvgIpc) is 3.25. The smallest absolute Gasteiger partial charge is 0.243 e. The SMILES string of the molecule is CN(C)C(=O)CN=C(NCCc1ccc2c(c1)OCO2)NC1CCc2ccccc2C1.I. The summed E-state index contributed by atoms with van der Waals surface area (Å²) in [5, 5.41) is 6.94. The first-order valence-corrected chi connectivity index (χ1v) is 10.8. The monoisotopic (exact) mass is 550 g/mol. The molecule has 0 saturated heterocycles. The summed E-state index contributed by atoms with van der Waals surface area (Å²) < 4.78 is 10.8. The quantitative estimate of drug-likeness (QED) is 0.329. The topological polar surface area (TPSA) is 75.2 Å². The van der Waals surface area contributed by atoms with E-state index >= 15 is 0 Å². The van der Waals surface area contributed by atoms with E-state index in [4.69, 9.17) is 9.47 Å². The summed E-state index contributed by atoms with van der Waals surface area (Å²) in [5.74, 6) is 2.24. The van der Waals surface area contributed by atoms with Gasteiger partial charge in [0.05, 0.1) is 0 Å². The van der Waals surface area contributed by atoms with Gasteiger partial charge in [-0.1, -0.05) is 30.3 Å². The molecule has 1 aliphatic heterocycles. The van der Waals surface area contributed by atoms with Crippen LogP contribution in [0.4, 0.5) is 0 Å². The molecule has 0 fully saturated rings. The van der Waals surface area contributed by atoms with Gasteiger partial charge in [-0.3, -0.25) is 4.79 Å². The highest BCUT2D eigenvalue weighted by Gasteiger charge is 2.19. The highest BCUT2D eigenvalue weighted by atomic mass is 127. The minimum absolute atomic E-state index is 0. The van der Waals surface area contributed by atoms with Gasteiger partial charge in [-0.15, -0.1) is 24.0 Å². The first kappa shape index (κ1) is 24.2. The van der Waals surface area contributed by atoms with Crippen LogP contribution in [0.25, 0.3) is 0 Å². The van der Waals surface area contributed by atoms with Crippen LogP contribution in [-0.4, -0.2) is 56.8 Å². The van der Waals surface area contributed by atoms with Gasteiger partial charge in [0, 0.05) is 26.7 Å². The van der Waals surface area contributed by atoms with Gasteiger partial charge in [-0.2, -0.15) is 0 Å². The number of aryl methyl sites for hydroxylation is 1. The van der Waals surface area contributed by atoms with E-state index in [0.717, 1.165) is 42.7 Å². The van der Waals surface area contributed by atoms with Crippen molar-refractivity contribution in [2.75, 3.05) is 34.0 Å². The number of nitrogens with one attached hydrogen (secondary N) is 2. The number of nitrogens with zero attached hydrogens (tertiary/aromatic N) is 2. The maximum atomic E-state index is 12.0. The molecule has 0 bridgehead atoms. The molecular formula is C24H31IN4O3. The van der Waals surface area contributed by atoms with Gasteiger partial charge in [-0.25, -0.2) is 4.99 Å². The molecule has 172 valence electrons. The molecule has 0 saturated carbocycles. The fourth-order valence-electron chi connectivity index (χ4n) is 3.88. The summed E-state index contributed by atoms with van der Waals surface area (Å²) >= 11 is 0. The van der Waals surface area contributed by atoms with Crippen LogP contribution >= 0.6 is 24.0 Å². The van der Waals surface area contributed by atoms with Gasteiger partial charge in [-0.05, 0) is 54.5 Å². The summed E-state index contributed by atoms with van der Waals surface area (Å²) in [7, 11) is 3.49. The molecule has 1 amide bonds. The molecule has 4 rings (SSSR count). The number of rotatable bonds is 6. The minimum Gasteiger partial charge on any atom is -0.454 e. The van der Waals surface area contributed by atoms with Gasteiger partial charge in [0.1, 0.15) is 6.54 Å².